The molecule has 0 aromatic rings. The lowest BCUT2D eigenvalue weighted by molar-refractivity contribution is 1.55. The van der Waals surface area contributed by atoms with E-state index in [1.165, 1.54) is 0 Å². The van der Waals surface area contributed by atoms with E-state index in [0.29, 0.717) is 10.6 Å². The summed E-state index contributed by atoms with van der Waals surface area (Å²) >= 11 is 5.46. The van der Waals surface area contributed by atoms with Gasteiger partial charge in [-0.15, -0.1) is 0 Å². The summed E-state index contributed by atoms with van der Waals surface area (Å²) in [6.45, 7) is 6.89. The van der Waals surface area contributed by atoms with Crippen molar-refractivity contribution >= 4 is 17.8 Å². The van der Waals surface area contributed by atoms with Crippen LogP contribution in [-0.2, 0) is 0 Å². The van der Waals surface area contributed by atoms with Crippen molar-refractivity contribution in [2.24, 2.45) is 0 Å². The summed E-state index contributed by atoms with van der Waals surface area (Å²) < 4.78 is 0. The highest BCUT2D eigenvalue weighted by molar-refractivity contribution is 6.33. The molecule has 0 amide bonds. The SMILES string of the molecule is C=C/C=C(/C=N)C(=C)Cl. The van der Waals surface area contributed by atoms with Gasteiger partial charge in [0.1, 0.15) is 0 Å². The van der Waals surface area contributed by atoms with E-state index in [1.54, 1.807) is 12.2 Å². The quantitative estimate of drug-likeness (QED) is 0.461. The molecule has 9 heavy (non-hydrogen) atoms. The third kappa shape index (κ3) is 2.88. The number of rotatable bonds is 3. The molecule has 0 aromatic carbocycles. The lowest BCUT2D eigenvalue weighted by Crippen LogP contribution is -1.79. The van der Waals surface area contributed by atoms with Crippen LogP contribution in [0.4, 0.5) is 0 Å². The minimum absolute atomic E-state index is 0.366. The van der Waals surface area contributed by atoms with Crippen molar-refractivity contribution < 1.29 is 0 Å². The van der Waals surface area contributed by atoms with E-state index in [9.17, 15) is 0 Å². The zero-order chi connectivity index (χ0) is 7.28. The van der Waals surface area contributed by atoms with Crippen LogP contribution in [0.25, 0.3) is 0 Å². The number of nitrogens with one attached hydrogen (secondary N) is 1. The second kappa shape index (κ2) is 4.10. The Kier molecular flexibility index (Phi) is 3.72. The highest BCUT2D eigenvalue weighted by atomic mass is 35.5. The molecule has 0 saturated heterocycles. The van der Waals surface area contributed by atoms with Gasteiger partial charge in [-0.2, -0.15) is 0 Å². The molecule has 0 radical (unpaired) electrons. The van der Waals surface area contributed by atoms with Crippen LogP contribution in [0.5, 0.6) is 0 Å². The Morgan fingerprint density at radius 1 is 1.56 bits per heavy atom. The van der Waals surface area contributed by atoms with Crippen molar-refractivity contribution in [3.63, 3.8) is 0 Å². The molecule has 0 aliphatic heterocycles. The van der Waals surface area contributed by atoms with Crippen LogP contribution in [0.2, 0.25) is 0 Å². The molecule has 48 valence electrons. The first-order valence-electron chi connectivity index (χ1n) is 2.40. The van der Waals surface area contributed by atoms with Gasteiger partial charge in [0, 0.05) is 16.8 Å². The van der Waals surface area contributed by atoms with E-state index < -0.39 is 0 Å². The van der Waals surface area contributed by atoms with Crippen molar-refractivity contribution in [3.05, 3.63) is 35.9 Å². The van der Waals surface area contributed by atoms with Crippen LogP contribution in [0.3, 0.4) is 0 Å². The fraction of sp³-hybridized carbons (Fsp3) is 0. The van der Waals surface area contributed by atoms with E-state index in [4.69, 9.17) is 17.0 Å². The summed E-state index contributed by atoms with van der Waals surface area (Å²) in [4.78, 5) is 0. The molecule has 0 heterocycles. The zero-order valence-corrected chi connectivity index (χ0v) is 5.78. The van der Waals surface area contributed by atoms with Gasteiger partial charge in [0.15, 0.2) is 0 Å². The van der Waals surface area contributed by atoms with E-state index >= 15 is 0 Å². The molecule has 0 aliphatic carbocycles. The minimum Gasteiger partial charge on any atom is -0.308 e. The molecule has 1 nitrogen and oxygen atoms in total. The summed E-state index contributed by atoms with van der Waals surface area (Å²) in [6, 6.07) is 0. The minimum atomic E-state index is 0.366. The van der Waals surface area contributed by atoms with Crippen LogP contribution >= 0.6 is 11.6 Å². The first-order chi connectivity index (χ1) is 4.22. The molecule has 0 rings (SSSR count). The molecule has 0 bridgehead atoms. The topological polar surface area (TPSA) is 23.9 Å². The Balaban J connectivity index is 4.32. The molecule has 0 spiro atoms. The Morgan fingerprint density at radius 3 is 2.22 bits per heavy atom. The van der Waals surface area contributed by atoms with Crippen molar-refractivity contribution in [1.82, 2.24) is 0 Å². The molecule has 2 heteroatoms. The Morgan fingerprint density at radius 2 is 2.11 bits per heavy atom. The summed E-state index contributed by atoms with van der Waals surface area (Å²) in [6.07, 6.45) is 4.33. The third-order valence-corrected chi connectivity index (χ3v) is 0.984. The van der Waals surface area contributed by atoms with Crippen LogP contribution in [0.1, 0.15) is 0 Å². The highest BCUT2D eigenvalue weighted by Gasteiger charge is 1.90. The van der Waals surface area contributed by atoms with Crippen molar-refractivity contribution in [2.45, 2.75) is 0 Å². The van der Waals surface area contributed by atoms with Crippen LogP contribution in [-0.4, -0.2) is 6.21 Å². The number of hydrogen-bond donors (Lipinski definition) is 1. The van der Waals surface area contributed by atoms with Crippen LogP contribution in [0.15, 0.2) is 35.9 Å². The molecule has 0 saturated carbocycles. The predicted molar refractivity (Wildman–Crippen MR) is 42.1 cm³/mol. The summed E-state index contributed by atoms with van der Waals surface area (Å²) in [5.41, 5.74) is 0.590. The highest BCUT2D eigenvalue weighted by Crippen LogP contribution is 2.08. The van der Waals surface area contributed by atoms with Gasteiger partial charge in [0.25, 0.3) is 0 Å². The van der Waals surface area contributed by atoms with Gasteiger partial charge < -0.3 is 5.41 Å². The second-order valence-corrected chi connectivity index (χ2v) is 1.86. The summed E-state index contributed by atoms with van der Waals surface area (Å²) in [5, 5.41) is 7.17. The predicted octanol–water partition coefficient (Wildman–Crippen LogP) is 2.50. The molecule has 0 atom stereocenters. The fourth-order valence-corrected chi connectivity index (χ4v) is 0.461. The third-order valence-electron chi connectivity index (χ3n) is 0.766. The lowest BCUT2D eigenvalue weighted by Gasteiger charge is -1.91. The fourth-order valence-electron chi connectivity index (χ4n) is 0.344. The number of hydrogen-bond acceptors (Lipinski definition) is 1. The summed E-state index contributed by atoms with van der Waals surface area (Å²) in [7, 11) is 0. The molecule has 0 unspecified atom stereocenters. The lowest BCUT2D eigenvalue weighted by atomic mass is 10.2. The number of halogens is 1. The average molecular weight is 142 g/mol. The molecular weight excluding hydrogens is 134 g/mol. The molecular formula is C7H8ClN. The van der Waals surface area contributed by atoms with Gasteiger partial charge in [0.05, 0.1) is 0 Å². The first kappa shape index (κ1) is 8.18. The summed E-state index contributed by atoms with van der Waals surface area (Å²) in [5.74, 6) is 0. The van der Waals surface area contributed by atoms with Gasteiger partial charge in [-0.25, -0.2) is 0 Å². The normalized spacial score (nSPS) is 10.6. The van der Waals surface area contributed by atoms with Gasteiger partial charge >= 0.3 is 0 Å². The Hall–Kier alpha value is -0.820. The van der Waals surface area contributed by atoms with E-state index in [1.807, 2.05) is 0 Å². The van der Waals surface area contributed by atoms with Gasteiger partial charge in [0.2, 0.25) is 0 Å². The molecule has 0 aliphatic rings. The van der Waals surface area contributed by atoms with Gasteiger partial charge in [-0.3, -0.25) is 0 Å². The smallest absolute Gasteiger partial charge is 0.0421 e. The second-order valence-electron chi connectivity index (χ2n) is 1.41. The maximum Gasteiger partial charge on any atom is 0.0421 e. The van der Waals surface area contributed by atoms with Gasteiger partial charge in [-0.05, 0) is 0 Å². The van der Waals surface area contributed by atoms with E-state index in [0.717, 1.165) is 6.21 Å². The maximum atomic E-state index is 6.81. The van der Waals surface area contributed by atoms with E-state index in [-0.39, 0.29) is 0 Å². The Bertz CT molecular complexity index is 168. The van der Waals surface area contributed by atoms with Crippen molar-refractivity contribution in [1.29, 1.82) is 5.41 Å². The molecule has 0 aromatic heterocycles. The van der Waals surface area contributed by atoms with Crippen LogP contribution in [0, 0.1) is 5.41 Å². The molecule has 1 N–H and O–H groups in total. The number of allylic oxidation sites excluding steroid dienone is 4. The van der Waals surface area contributed by atoms with Gasteiger partial charge in [-0.1, -0.05) is 36.9 Å². The average Bonchev–Trinajstić information content (AvgIpc) is 1.82. The van der Waals surface area contributed by atoms with Crippen molar-refractivity contribution in [2.75, 3.05) is 0 Å². The largest absolute Gasteiger partial charge is 0.308 e. The standard InChI is InChI=1S/C7H8ClN/c1-3-4-7(5-9)6(2)8/h3-5,9H,1-2H2/b7-4-,9-5?. The van der Waals surface area contributed by atoms with E-state index in [2.05, 4.69) is 13.2 Å². The Labute approximate surface area is 59.8 Å². The van der Waals surface area contributed by atoms with Crippen molar-refractivity contribution in [3.8, 4) is 0 Å². The van der Waals surface area contributed by atoms with Crippen LogP contribution < -0.4 is 0 Å². The molecule has 0 fully saturated rings. The zero-order valence-electron chi connectivity index (χ0n) is 5.02. The monoisotopic (exact) mass is 141 g/mol. The first-order valence-corrected chi connectivity index (χ1v) is 2.78. The maximum absolute atomic E-state index is 6.81.